The van der Waals surface area contributed by atoms with Crippen LogP contribution >= 0.6 is 11.6 Å². The molecule has 0 atom stereocenters. The molecule has 0 fully saturated rings. The summed E-state index contributed by atoms with van der Waals surface area (Å²) in [7, 11) is 0. The monoisotopic (exact) mass is 330 g/mol. The highest BCUT2D eigenvalue weighted by atomic mass is 35.5. The number of hydrogen-bond acceptors (Lipinski definition) is 2. The standard InChI is InChI=1S/C18H19ClN2O2/c1-13-4-2-3-5-15(13)10-17(22)21-12-18(23)20-11-14-6-8-16(19)9-7-14/h2-9H,10-12H2,1H3,(H,20,23)(H,21,22). The second-order valence-corrected chi connectivity index (χ2v) is 5.72. The third-order valence-corrected chi connectivity index (χ3v) is 3.71. The number of benzene rings is 2. The summed E-state index contributed by atoms with van der Waals surface area (Å²) in [5.74, 6) is -0.390. The topological polar surface area (TPSA) is 58.2 Å². The van der Waals surface area contributed by atoms with Crippen LogP contribution < -0.4 is 10.6 Å². The number of halogens is 1. The highest BCUT2D eigenvalue weighted by molar-refractivity contribution is 6.30. The molecule has 2 rings (SSSR count). The minimum atomic E-state index is -0.224. The van der Waals surface area contributed by atoms with Gasteiger partial charge >= 0.3 is 0 Å². The number of hydrogen-bond donors (Lipinski definition) is 2. The van der Waals surface area contributed by atoms with Gasteiger partial charge < -0.3 is 10.6 Å². The molecule has 23 heavy (non-hydrogen) atoms. The van der Waals surface area contributed by atoms with Crippen molar-refractivity contribution < 1.29 is 9.59 Å². The van der Waals surface area contributed by atoms with E-state index in [2.05, 4.69) is 10.6 Å². The van der Waals surface area contributed by atoms with Crippen LogP contribution in [0.4, 0.5) is 0 Å². The largest absolute Gasteiger partial charge is 0.350 e. The molecule has 0 saturated heterocycles. The van der Waals surface area contributed by atoms with Crippen molar-refractivity contribution in [3.05, 3.63) is 70.2 Å². The van der Waals surface area contributed by atoms with Crippen LogP contribution in [-0.2, 0) is 22.6 Å². The number of carbonyl (C=O) groups is 2. The van der Waals surface area contributed by atoms with Crippen LogP contribution in [0.3, 0.4) is 0 Å². The van der Waals surface area contributed by atoms with Crippen LogP contribution in [0.5, 0.6) is 0 Å². The third-order valence-electron chi connectivity index (χ3n) is 3.46. The van der Waals surface area contributed by atoms with Gasteiger partial charge in [0.1, 0.15) is 0 Å². The van der Waals surface area contributed by atoms with Crippen LogP contribution in [-0.4, -0.2) is 18.4 Å². The van der Waals surface area contributed by atoms with E-state index in [4.69, 9.17) is 11.6 Å². The lowest BCUT2D eigenvalue weighted by Gasteiger charge is -2.08. The Morgan fingerprint density at radius 2 is 1.65 bits per heavy atom. The fourth-order valence-electron chi connectivity index (χ4n) is 2.09. The van der Waals surface area contributed by atoms with Gasteiger partial charge in [-0.25, -0.2) is 0 Å². The average molecular weight is 331 g/mol. The van der Waals surface area contributed by atoms with Crippen molar-refractivity contribution in [2.45, 2.75) is 19.9 Å². The van der Waals surface area contributed by atoms with Gasteiger partial charge in [0.15, 0.2) is 0 Å². The van der Waals surface area contributed by atoms with Crippen molar-refractivity contribution in [3.63, 3.8) is 0 Å². The average Bonchev–Trinajstić information content (AvgIpc) is 2.54. The van der Waals surface area contributed by atoms with Crippen molar-refractivity contribution in [1.29, 1.82) is 0 Å². The van der Waals surface area contributed by atoms with Crippen molar-refractivity contribution in [2.24, 2.45) is 0 Å². The van der Waals surface area contributed by atoms with Gasteiger partial charge in [-0.05, 0) is 35.7 Å². The Morgan fingerprint density at radius 3 is 2.35 bits per heavy atom. The van der Waals surface area contributed by atoms with E-state index in [-0.39, 0.29) is 24.8 Å². The smallest absolute Gasteiger partial charge is 0.239 e. The number of aryl methyl sites for hydroxylation is 1. The molecule has 0 heterocycles. The molecule has 2 amide bonds. The Kier molecular flexibility index (Phi) is 6.18. The van der Waals surface area contributed by atoms with Crippen molar-refractivity contribution in [3.8, 4) is 0 Å². The van der Waals surface area contributed by atoms with Gasteiger partial charge in [-0.1, -0.05) is 48.0 Å². The molecule has 0 spiro atoms. The van der Waals surface area contributed by atoms with Gasteiger partial charge in [0.05, 0.1) is 13.0 Å². The van der Waals surface area contributed by atoms with Crippen molar-refractivity contribution in [1.82, 2.24) is 10.6 Å². The lowest BCUT2D eigenvalue weighted by atomic mass is 10.1. The second-order valence-electron chi connectivity index (χ2n) is 5.28. The first-order chi connectivity index (χ1) is 11.0. The van der Waals surface area contributed by atoms with Crippen molar-refractivity contribution in [2.75, 3.05) is 6.54 Å². The quantitative estimate of drug-likeness (QED) is 0.855. The normalized spacial score (nSPS) is 10.2. The van der Waals surface area contributed by atoms with Crippen molar-refractivity contribution >= 4 is 23.4 Å². The maximum Gasteiger partial charge on any atom is 0.239 e. The molecule has 0 unspecified atom stereocenters. The van der Waals surface area contributed by atoms with E-state index in [0.29, 0.717) is 11.6 Å². The van der Waals surface area contributed by atoms with Crippen LogP contribution in [0.25, 0.3) is 0 Å². The molecule has 0 aliphatic rings. The fraction of sp³-hybridized carbons (Fsp3) is 0.222. The fourth-order valence-corrected chi connectivity index (χ4v) is 2.21. The molecule has 0 saturated carbocycles. The van der Waals surface area contributed by atoms with E-state index in [9.17, 15) is 9.59 Å². The second kappa shape index (κ2) is 8.34. The zero-order valence-electron chi connectivity index (χ0n) is 12.9. The summed E-state index contributed by atoms with van der Waals surface area (Å²) in [5.41, 5.74) is 2.98. The molecular weight excluding hydrogens is 312 g/mol. The van der Waals surface area contributed by atoms with Crippen LogP contribution in [0.2, 0.25) is 5.02 Å². The zero-order chi connectivity index (χ0) is 16.7. The molecular formula is C18H19ClN2O2. The first kappa shape index (κ1) is 17.0. The highest BCUT2D eigenvalue weighted by Crippen LogP contribution is 2.09. The molecule has 0 aromatic heterocycles. The number of nitrogens with one attached hydrogen (secondary N) is 2. The third kappa shape index (κ3) is 5.75. The summed E-state index contributed by atoms with van der Waals surface area (Å²) >= 11 is 5.80. The van der Waals surface area contributed by atoms with E-state index in [1.807, 2.05) is 43.3 Å². The summed E-state index contributed by atoms with van der Waals surface area (Å²) in [6.07, 6.45) is 0.275. The predicted molar refractivity (Wildman–Crippen MR) is 91.2 cm³/mol. The Morgan fingerprint density at radius 1 is 0.957 bits per heavy atom. The molecule has 2 aromatic rings. The van der Waals surface area contributed by atoms with E-state index in [1.165, 1.54) is 0 Å². The minimum Gasteiger partial charge on any atom is -0.350 e. The SMILES string of the molecule is Cc1ccccc1CC(=O)NCC(=O)NCc1ccc(Cl)cc1. The molecule has 4 nitrogen and oxygen atoms in total. The molecule has 0 aliphatic carbocycles. The van der Waals surface area contributed by atoms with E-state index in [0.717, 1.165) is 16.7 Å². The zero-order valence-corrected chi connectivity index (χ0v) is 13.7. The minimum absolute atomic E-state index is 0.0295. The Balaban J connectivity index is 1.72. The van der Waals surface area contributed by atoms with E-state index in [1.54, 1.807) is 12.1 Å². The van der Waals surface area contributed by atoms with Gasteiger partial charge in [-0.2, -0.15) is 0 Å². The lowest BCUT2D eigenvalue weighted by Crippen LogP contribution is -2.37. The van der Waals surface area contributed by atoms with Gasteiger partial charge in [-0.15, -0.1) is 0 Å². The Labute approximate surface area is 140 Å². The molecule has 120 valence electrons. The maximum absolute atomic E-state index is 11.9. The van der Waals surface area contributed by atoms with Gasteiger partial charge in [0, 0.05) is 11.6 Å². The summed E-state index contributed by atoms with van der Waals surface area (Å²) in [4.78, 5) is 23.6. The first-order valence-electron chi connectivity index (χ1n) is 7.37. The molecule has 0 radical (unpaired) electrons. The summed E-state index contributed by atoms with van der Waals surface area (Å²) in [6, 6.07) is 14.9. The first-order valence-corrected chi connectivity index (χ1v) is 7.75. The van der Waals surface area contributed by atoms with E-state index >= 15 is 0 Å². The Hall–Kier alpha value is -2.33. The number of amides is 2. The van der Waals surface area contributed by atoms with Gasteiger partial charge in [-0.3, -0.25) is 9.59 Å². The summed E-state index contributed by atoms with van der Waals surface area (Å²) in [6.45, 7) is 2.34. The number of carbonyl (C=O) groups excluding carboxylic acids is 2. The summed E-state index contributed by atoms with van der Waals surface area (Å²) in [5, 5.41) is 6.04. The van der Waals surface area contributed by atoms with Crippen LogP contribution in [0.1, 0.15) is 16.7 Å². The molecule has 5 heteroatoms. The maximum atomic E-state index is 11.9. The van der Waals surface area contributed by atoms with Gasteiger partial charge in [0.2, 0.25) is 11.8 Å². The molecule has 0 aliphatic heterocycles. The molecule has 0 bridgehead atoms. The number of rotatable bonds is 6. The van der Waals surface area contributed by atoms with E-state index < -0.39 is 0 Å². The molecule has 2 aromatic carbocycles. The van der Waals surface area contributed by atoms with Crippen LogP contribution in [0, 0.1) is 6.92 Å². The highest BCUT2D eigenvalue weighted by Gasteiger charge is 2.07. The van der Waals surface area contributed by atoms with Gasteiger partial charge in [0.25, 0.3) is 0 Å². The van der Waals surface area contributed by atoms with Crippen LogP contribution in [0.15, 0.2) is 48.5 Å². The summed E-state index contributed by atoms with van der Waals surface area (Å²) < 4.78 is 0. The lowest BCUT2D eigenvalue weighted by molar-refractivity contribution is -0.125. The Bertz CT molecular complexity index is 684. The predicted octanol–water partition coefficient (Wildman–Crippen LogP) is 2.62. The molecule has 2 N–H and O–H groups in total.